The lowest BCUT2D eigenvalue weighted by Crippen LogP contribution is -2.02. The van der Waals surface area contributed by atoms with Gasteiger partial charge in [0.15, 0.2) is 5.78 Å². The third-order valence-corrected chi connectivity index (χ3v) is 3.67. The molecular weight excluding hydrogens is 258 g/mol. The van der Waals surface area contributed by atoms with Crippen LogP contribution in [-0.2, 0) is 0 Å². The van der Waals surface area contributed by atoms with E-state index in [9.17, 15) is 4.79 Å². The summed E-state index contributed by atoms with van der Waals surface area (Å²) in [6.07, 6.45) is 0. The number of hydrogen-bond donors (Lipinski definition) is 1. The van der Waals surface area contributed by atoms with Gasteiger partial charge in [0.2, 0.25) is 0 Å². The minimum absolute atomic E-state index is 0.101. The molecule has 2 rings (SSSR count). The molecule has 0 heterocycles. The highest BCUT2D eigenvalue weighted by Crippen LogP contribution is 2.21. The van der Waals surface area contributed by atoms with Crippen molar-refractivity contribution < 1.29 is 9.53 Å². The SMILES string of the molecule is COc1ccc(C(=O)CSc2ccc(N)cc2)cc1. The van der Waals surface area contributed by atoms with Crippen molar-refractivity contribution in [2.24, 2.45) is 0 Å². The van der Waals surface area contributed by atoms with Gasteiger partial charge >= 0.3 is 0 Å². The average Bonchev–Trinajstić information content (AvgIpc) is 2.46. The first kappa shape index (κ1) is 13.5. The number of anilines is 1. The molecule has 19 heavy (non-hydrogen) atoms. The van der Waals surface area contributed by atoms with Crippen LogP contribution in [0, 0.1) is 0 Å². The van der Waals surface area contributed by atoms with Crippen LogP contribution in [0.2, 0.25) is 0 Å². The first-order chi connectivity index (χ1) is 9.19. The number of rotatable bonds is 5. The maximum Gasteiger partial charge on any atom is 0.173 e. The van der Waals surface area contributed by atoms with Crippen LogP contribution >= 0.6 is 11.8 Å². The third kappa shape index (κ3) is 3.76. The highest BCUT2D eigenvalue weighted by molar-refractivity contribution is 8.00. The summed E-state index contributed by atoms with van der Waals surface area (Å²) in [5.41, 5.74) is 7.04. The number of benzene rings is 2. The van der Waals surface area contributed by atoms with E-state index in [1.54, 1.807) is 31.4 Å². The molecule has 0 saturated carbocycles. The monoisotopic (exact) mass is 273 g/mol. The molecule has 2 N–H and O–H groups in total. The zero-order valence-electron chi connectivity index (χ0n) is 10.6. The second kappa shape index (κ2) is 6.29. The molecule has 0 aliphatic carbocycles. The van der Waals surface area contributed by atoms with Crippen LogP contribution in [0.3, 0.4) is 0 Å². The number of carbonyl (C=O) groups is 1. The molecule has 3 nitrogen and oxygen atoms in total. The fourth-order valence-corrected chi connectivity index (χ4v) is 2.37. The van der Waals surface area contributed by atoms with Gasteiger partial charge in [-0.05, 0) is 48.5 Å². The average molecular weight is 273 g/mol. The maximum absolute atomic E-state index is 12.0. The quantitative estimate of drug-likeness (QED) is 0.516. The summed E-state index contributed by atoms with van der Waals surface area (Å²) >= 11 is 1.51. The molecule has 0 saturated heterocycles. The second-order valence-corrected chi connectivity index (χ2v) is 5.06. The van der Waals surface area contributed by atoms with Crippen LogP contribution in [0.5, 0.6) is 5.75 Å². The van der Waals surface area contributed by atoms with E-state index in [0.717, 1.165) is 16.3 Å². The molecule has 2 aromatic carbocycles. The van der Waals surface area contributed by atoms with E-state index in [1.807, 2.05) is 24.3 Å². The summed E-state index contributed by atoms with van der Waals surface area (Å²) in [7, 11) is 1.60. The van der Waals surface area contributed by atoms with E-state index < -0.39 is 0 Å². The summed E-state index contributed by atoms with van der Waals surface area (Å²) in [6.45, 7) is 0. The zero-order chi connectivity index (χ0) is 13.7. The number of ether oxygens (including phenoxy) is 1. The molecule has 0 aliphatic heterocycles. The van der Waals surface area contributed by atoms with Gasteiger partial charge in [-0.2, -0.15) is 0 Å². The molecule has 0 atom stereocenters. The van der Waals surface area contributed by atoms with E-state index in [4.69, 9.17) is 10.5 Å². The van der Waals surface area contributed by atoms with Crippen molar-refractivity contribution in [3.63, 3.8) is 0 Å². The number of Topliss-reactive ketones (excluding diaryl/α,β-unsaturated/α-hetero) is 1. The number of thioether (sulfide) groups is 1. The van der Waals surface area contributed by atoms with Gasteiger partial charge in [0, 0.05) is 16.1 Å². The normalized spacial score (nSPS) is 10.2. The fourth-order valence-electron chi connectivity index (χ4n) is 1.57. The van der Waals surface area contributed by atoms with Crippen molar-refractivity contribution in [3.8, 4) is 5.75 Å². The topological polar surface area (TPSA) is 52.3 Å². The van der Waals surface area contributed by atoms with Crippen molar-refractivity contribution in [2.75, 3.05) is 18.6 Å². The number of nitrogens with two attached hydrogens (primary N) is 1. The molecule has 4 heteroatoms. The predicted molar refractivity (Wildman–Crippen MR) is 78.9 cm³/mol. The number of hydrogen-bond acceptors (Lipinski definition) is 4. The Labute approximate surface area is 116 Å². The molecule has 0 fully saturated rings. The highest BCUT2D eigenvalue weighted by Gasteiger charge is 2.06. The van der Waals surface area contributed by atoms with Gasteiger partial charge in [-0.25, -0.2) is 0 Å². The summed E-state index contributed by atoms with van der Waals surface area (Å²) < 4.78 is 5.06. The second-order valence-electron chi connectivity index (χ2n) is 4.01. The zero-order valence-corrected chi connectivity index (χ0v) is 11.4. The number of carbonyl (C=O) groups excluding carboxylic acids is 1. The number of nitrogen functional groups attached to an aromatic ring is 1. The van der Waals surface area contributed by atoms with Crippen molar-refractivity contribution in [3.05, 3.63) is 54.1 Å². The number of ketones is 1. The Morgan fingerprint density at radius 2 is 1.74 bits per heavy atom. The predicted octanol–water partition coefficient (Wildman–Crippen LogP) is 3.25. The Hall–Kier alpha value is -1.94. The lowest BCUT2D eigenvalue weighted by Gasteiger charge is -2.03. The molecule has 0 spiro atoms. The van der Waals surface area contributed by atoms with Crippen LogP contribution in [0.15, 0.2) is 53.4 Å². The van der Waals surface area contributed by atoms with Crippen molar-refractivity contribution in [2.45, 2.75) is 4.90 Å². The van der Waals surface area contributed by atoms with Crippen molar-refractivity contribution >= 4 is 23.2 Å². The first-order valence-electron chi connectivity index (χ1n) is 5.84. The standard InChI is InChI=1S/C15H15NO2S/c1-18-13-6-2-11(3-7-13)15(17)10-19-14-8-4-12(16)5-9-14/h2-9H,10,16H2,1H3. The van der Waals surface area contributed by atoms with Crippen LogP contribution in [-0.4, -0.2) is 18.6 Å². The summed E-state index contributed by atoms with van der Waals surface area (Å²) in [6, 6.07) is 14.7. The highest BCUT2D eigenvalue weighted by atomic mass is 32.2. The summed E-state index contributed by atoms with van der Waals surface area (Å²) in [5.74, 6) is 1.27. The van der Waals surface area contributed by atoms with Gasteiger partial charge in [-0.1, -0.05) is 0 Å². The maximum atomic E-state index is 12.0. The Morgan fingerprint density at radius 3 is 2.32 bits per heavy atom. The number of methoxy groups -OCH3 is 1. The van der Waals surface area contributed by atoms with E-state index in [-0.39, 0.29) is 5.78 Å². The fraction of sp³-hybridized carbons (Fsp3) is 0.133. The van der Waals surface area contributed by atoms with E-state index in [2.05, 4.69) is 0 Å². The Kier molecular flexibility index (Phi) is 4.47. The van der Waals surface area contributed by atoms with Crippen LogP contribution in [0.25, 0.3) is 0 Å². The van der Waals surface area contributed by atoms with Crippen molar-refractivity contribution in [1.29, 1.82) is 0 Å². The van der Waals surface area contributed by atoms with E-state index in [0.29, 0.717) is 11.3 Å². The molecule has 0 amide bonds. The largest absolute Gasteiger partial charge is 0.497 e. The van der Waals surface area contributed by atoms with Crippen LogP contribution < -0.4 is 10.5 Å². The lowest BCUT2D eigenvalue weighted by atomic mass is 10.1. The Morgan fingerprint density at radius 1 is 1.11 bits per heavy atom. The first-order valence-corrected chi connectivity index (χ1v) is 6.83. The minimum atomic E-state index is 0.101. The molecule has 98 valence electrons. The van der Waals surface area contributed by atoms with Gasteiger partial charge in [-0.3, -0.25) is 4.79 Å². The van der Waals surface area contributed by atoms with E-state index >= 15 is 0 Å². The molecule has 0 unspecified atom stereocenters. The molecule has 0 radical (unpaired) electrons. The van der Waals surface area contributed by atoms with Gasteiger partial charge < -0.3 is 10.5 Å². The Balaban J connectivity index is 1.95. The van der Waals surface area contributed by atoms with Crippen LogP contribution in [0.4, 0.5) is 5.69 Å². The van der Waals surface area contributed by atoms with Crippen molar-refractivity contribution in [1.82, 2.24) is 0 Å². The molecule has 0 aromatic heterocycles. The molecule has 0 aliphatic rings. The lowest BCUT2D eigenvalue weighted by molar-refractivity contribution is 0.102. The third-order valence-electron chi connectivity index (χ3n) is 2.66. The van der Waals surface area contributed by atoms with Gasteiger partial charge in [0.25, 0.3) is 0 Å². The molecular formula is C15H15NO2S. The molecule has 0 bridgehead atoms. The Bertz CT molecular complexity index is 549. The summed E-state index contributed by atoms with van der Waals surface area (Å²) in [4.78, 5) is 13.0. The van der Waals surface area contributed by atoms with Gasteiger partial charge in [-0.15, -0.1) is 11.8 Å². The summed E-state index contributed by atoms with van der Waals surface area (Å²) in [5, 5.41) is 0. The van der Waals surface area contributed by atoms with E-state index in [1.165, 1.54) is 11.8 Å². The minimum Gasteiger partial charge on any atom is -0.497 e. The van der Waals surface area contributed by atoms with Gasteiger partial charge in [0.1, 0.15) is 5.75 Å². The van der Waals surface area contributed by atoms with Crippen LogP contribution in [0.1, 0.15) is 10.4 Å². The van der Waals surface area contributed by atoms with Gasteiger partial charge in [0.05, 0.1) is 12.9 Å². The molecule has 2 aromatic rings. The smallest absolute Gasteiger partial charge is 0.173 e.